The monoisotopic (exact) mass is 313 g/mol. The topological polar surface area (TPSA) is 32.7 Å². The lowest BCUT2D eigenvalue weighted by atomic mass is 10.1. The molecule has 3 nitrogen and oxygen atoms in total. The van der Waals surface area contributed by atoms with Crippen LogP contribution in [0, 0.1) is 6.92 Å². The molecular formula is C14H20BrNO2. The number of aryl methyl sites for hydroxylation is 1. The van der Waals surface area contributed by atoms with Crippen LogP contribution in [0.15, 0.2) is 22.7 Å². The third kappa shape index (κ3) is 3.32. The molecule has 1 heterocycles. The predicted octanol–water partition coefficient (Wildman–Crippen LogP) is 2.34. The summed E-state index contributed by atoms with van der Waals surface area (Å²) in [5.41, 5.74) is 2.63. The van der Waals surface area contributed by atoms with Crippen LogP contribution in [0.3, 0.4) is 0 Å². The van der Waals surface area contributed by atoms with Crippen molar-refractivity contribution in [2.24, 2.45) is 0 Å². The van der Waals surface area contributed by atoms with Crippen molar-refractivity contribution < 1.29 is 9.84 Å². The highest BCUT2D eigenvalue weighted by Crippen LogP contribution is 2.20. The molecule has 1 aliphatic rings. The van der Waals surface area contributed by atoms with E-state index in [0.29, 0.717) is 12.6 Å². The van der Waals surface area contributed by atoms with E-state index in [2.05, 4.69) is 52.9 Å². The van der Waals surface area contributed by atoms with Gasteiger partial charge in [-0.25, -0.2) is 0 Å². The average molecular weight is 314 g/mol. The van der Waals surface area contributed by atoms with Crippen LogP contribution >= 0.6 is 15.9 Å². The first-order chi connectivity index (χ1) is 8.60. The zero-order valence-electron chi connectivity index (χ0n) is 10.9. The largest absolute Gasteiger partial charge is 0.394 e. The summed E-state index contributed by atoms with van der Waals surface area (Å²) in [6, 6.07) is 6.78. The third-order valence-electron chi connectivity index (χ3n) is 3.52. The maximum atomic E-state index is 9.19. The van der Waals surface area contributed by atoms with Gasteiger partial charge in [-0.15, -0.1) is 0 Å². The fourth-order valence-corrected chi connectivity index (χ4v) is 2.74. The number of rotatable bonds is 3. The summed E-state index contributed by atoms with van der Waals surface area (Å²) in [5, 5.41) is 9.19. The van der Waals surface area contributed by atoms with Gasteiger partial charge < -0.3 is 9.84 Å². The molecule has 1 N–H and O–H groups in total. The number of hydrogen-bond acceptors (Lipinski definition) is 3. The van der Waals surface area contributed by atoms with Crippen molar-refractivity contribution in [3.63, 3.8) is 0 Å². The Balaban J connectivity index is 2.07. The van der Waals surface area contributed by atoms with Crippen molar-refractivity contribution in [2.75, 3.05) is 19.8 Å². The molecule has 0 bridgehead atoms. The van der Waals surface area contributed by atoms with Crippen LogP contribution in [0.4, 0.5) is 0 Å². The quantitative estimate of drug-likeness (QED) is 0.929. The number of morpholine rings is 1. The molecule has 1 aromatic rings. The Hall–Kier alpha value is -0.420. The maximum absolute atomic E-state index is 9.19. The van der Waals surface area contributed by atoms with E-state index in [1.165, 1.54) is 11.1 Å². The number of benzene rings is 1. The van der Waals surface area contributed by atoms with Gasteiger partial charge in [0.2, 0.25) is 0 Å². The fourth-order valence-electron chi connectivity index (χ4n) is 2.26. The molecule has 2 rings (SSSR count). The van der Waals surface area contributed by atoms with Crippen LogP contribution in [-0.2, 0) is 11.3 Å². The third-order valence-corrected chi connectivity index (χ3v) is 4.01. The summed E-state index contributed by atoms with van der Waals surface area (Å²) in [6.45, 7) is 6.81. The second kappa shape index (κ2) is 6.15. The predicted molar refractivity (Wildman–Crippen MR) is 75.6 cm³/mol. The van der Waals surface area contributed by atoms with E-state index in [9.17, 15) is 5.11 Å². The Morgan fingerprint density at radius 1 is 1.50 bits per heavy atom. The molecule has 2 unspecified atom stereocenters. The Labute approximate surface area is 117 Å². The van der Waals surface area contributed by atoms with Gasteiger partial charge in [0.1, 0.15) is 0 Å². The summed E-state index contributed by atoms with van der Waals surface area (Å²) in [4.78, 5) is 2.38. The van der Waals surface area contributed by atoms with Crippen molar-refractivity contribution in [1.82, 2.24) is 4.90 Å². The Bertz CT molecular complexity index is 411. The van der Waals surface area contributed by atoms with E-state index >= 15 is 0 Å². The lowest BCUT2D eigenvalue weighted by Gasteiger charge is -2.37. The van der Waals surface area contributed by atoms with Crippen molar-refractivity contribution in [3.05, 3.63) is 33.8 Å². The number of ether oxygens (including phenoxy) is 1. The number of aliphatic hydroxyl groups excluding tert-OH is 1. The van der Waals surface area contributed by atoms with Crippen LogP contribution in [0.2, 0.25) is 0 Å². The molecule has 0 saturated carbocycles. The molecule has 0 aliphatic carbocycles. The smallest absolute Gasteiger partial charge is 0.0933 e. The molecule has 0 aromatic heterocycles. The maximum Gasteiger partial charge on any atom is 0.0933 e. The molecule has 0 radical (unpaired) electrons. The number of aliphatic hydroxyl groups is 1. The zero-order chi connectivity index (χ0) is 13.1. The van der Waals surface area contributed by atoms with Crippen molar-refractivity contribution >= 4 is 15.9 Å². The van der Waals surface area contributed by atoms with Crippen molar-refractivity contribution in [1.29, 1.82) is 0 Å². The van der Waals surface area contributed by atoms with Gasteiger partial charge in [0.25, 0.3) is 0 Å². The first kappa shape index (κ1) is 14.0. The first-order valence-electron chi connectivity index (χ1n) is 6.31. The standard InChI is InChI=1S/C14H20BrNO2/c1-10-5-13(15)4-3-12(10)6-16-7-14(8-17)18-9-11(16)2/h3-5,11,14,17H,6-9H2,1-2H3. The lowest BCUT2D eigenvalue weighted by molar-refractivity contribution is -0.0806. The number of nitrogens with zero attached hydrogens (tertiary/aromatic N) is 1. The minimum absolute atomic E-state index is 0.0445. The van der Waals surface area contributed by atoms with Crippen molar-refractivity contribution in [2.45, 2.75) is 32.5 Å². The first-order valence-corrected chi connectivity index (χ1v) is 7.11. The molecule has 0 amide bonds. The van der Waals surface area contributed by atoms with Gasteiger partial charge in [0.15, 0.2) is 0 Å². The molecule has 1 aromatic carbocycles. The Morgan fingerprint density at radius 3 is 2.94 bits per heavy atom. The molecule has 100 valence electrons. The fraction of sp³-hybridized carbons (Fsp3) is 0.571. The molecule has 18 heavy (non-hydrogen) atoms. The number of hydrogen-bond donors (Lipinski definition) is 1. The van der Waals surface area contributed by atoms with Crippen LogP contribution in [-0.4, -0.2) is 41.9 Å². The summed E-state index contributed by atoms with van der Waals surface area (Å²) >= 11 is 3.49. The minimum Gasteiger partial charge on any atom is -0.394 e. The van der Waals surface area contributed by atoms with Crippen LogP contribution < -0.4 is 0 Å². The number of halogens is 1. The van der Waals surface area contributed by atoms with Gasteiger partial charge in [-0.1, -0.05) is 22.0 Å². The van der Waals surface area contributed by atoms with E-state index in [-0.39, 0.29) is 12.7 Å². The molecule has 1 fully saturated rings. The molecular weight excluding hydrogens is 294 g/mol. The van der Waals surface area contributed by atoms with Crippen LogP contribution in [0.1, 0.15) is 18.1 Å². The Kier molecular flexibility index (Phi) is 4.78. The summed E-state index contributed by atoms with van der Waals surface area (Å²) in [6.07, 6.45) is -0.0445. The SMILES string of the molecule is Cc1cc(Br)ccc1CN1CC(CO)OCC1C. The molecule has 1 aliphatic heterocycles. The normalized spacial score (nSPS) is 25.3. The van der Waals surface area contributed by atoms with Crippen molar-refractivity contribution in [3.8, 4) is 0 Å². The second-order valence-electron chi connectivity index (χ2n) is 4.99. The van der Waals surface area contributed by atoms with E-state index < -0.39 is 0 Å². The highest BCUT2D eigenvalue weighted by Gasteiger charge is 2.25. The lowest BCUT2D eigenvalue weighted by Crippen LogP contribution is -2.48. The summed E-state index contributed by atoms with van der Waals surface area (Å²) < 4.78 is 6.68. The average Bonchev–Trinajstić information content (AvgIpc) is 2.35. The molecule has 0 spiro atoms. The zero-order valence-corrected chi connectivity index (χ0v) is 12.5. The van der Waals surface area contributed by atoms with Gasteiger partial charge in [-0.05, 0) is 37.1 Å². The van der Waals surface area contributed by atoms with Crippen LogP contribution in [0.5, 0.6) is 0 Å². The van der Waals surface area contributed by atoms with E-state index in [1.54, 1.807) is 0 Å². The van der Waals surface area contributed by atoms with Gasteiger partial charge in [-0.3, -0.25) is 4.90 Å². The van der Waals surface area contributed by atoms with Gasteiger partial charge in [0, 0.05) is 23.6 Å². The van der Waals surface area contributed by atoms with E-state index in [1.807, 2.05) is 0 Å². The van der Waals surface area contributed by atoms with Gasteiger partial charge in [-0.2, -0.15) is 0 Å². The van der Waals surface area contributed by atoms with Gasteiger partial charge in [0.05, 0.1) is 19.3 Å². The molecule has 2 atom stereocenters. The van der Waals surface area contributed by atoms with E-state index in [4.69, 9.17) is 4.74 Å². The van der Waals surface area contributed by atoms with Gasteiger partial charge >= 0.3 is 0 Å². The summed E-state index contributed by atoms with van der Waals surface area (Å²) in [7, 11) is 0. The summed E-state index contributed by atoms with van der Waals surface area (Å²) in [5.74, 6) is 0. The Morgan fingerprint density at radius 2 is 2.28 bits per heavy atom. The highest BCUT2D eigenvalue weighted by atomic mass is 79.9. The van der Waals surface area contributed by atoms with Crippen LogP contribution in [0.25, 0.3) is 0 Å². The molecule has 4 heteroatoms. The second-order valence-corrected chi connectivity index (χ2v) is 5.90. The molecule has 1 saturated heterocycles. The highest BCUT2D eigenvalue weighted by molar-refractivity contribution is 9.10. The minimum atomic E-state index is -0.0445. The van der Waals surface area contributed by atoms with E-state index in [0.717, 1.165) is 17.6 Å².